The highest BCUT2D eigenvalue weighted by molar-refractivity contribution is 5.98. The average molecular weight is 747 g/mol. The first-order valence-corrected chi connectivity index (χ1v) is 17.2. The predicted molar refractivity (Wildman–Crippen MR) is 201 cm³/mol. The fraction of sp³-hybridized carbons (Fsp3) is 0.389. The van der Waals surface area contributed by atoms with Gasteiger partial charge in [0.2, 0.25) is 5.91 Å². The maximum absolute atomic E-state index is 11.5. The van der Waals surface area contributed by atoms with Crippen molar-refractivity contribution in [2.75, 3.05) is 44.3 Å². The number of rotatable bonds is 6. The minimum Gasteiger partial charge on any atom is -0.481 e. The van der Waals surface area contributed by atoms with Crippen LogP contribution in [0.25, 0.3) is 33.4 Å². The number of hydrogen-bond donors (Lipinski definition) is 6. The number of carbonyl (C=O) groups is 4. The summed E-state index contributed by atoms with van der Waals surface area (Å²) in [5.41, 5.74) is 16.5. The molecule has 0 radical (unpaired) electrons. The molecule has 2 aliphatic rings. The Morgan fingerprint density at radius 1 is 0.833 bits per heavy atom. The second-order valence-electron chi connectivity index (χ2n) is 12.9. The maximum Gasteiger partial charge on any atom is 0.300 e. The lowest BCUT2D eigenvalue weighted by molar-refractivity contribution is -0.135. The van der Waals surface area contributed by atoms with Gasteiger partial charge in [0.05, 0.1) is 11.4 Å². The number of benzene rings is 2. The second-order valence-corrected chi connectivity index (χ2v) is 12.9. The normalized spacial score (nSPS) is 17.2. The summed E-state index contributed by atoms with van der Waals surface area (Å²) in [5.74, 6) is -2.58. The zero-order valence-electron chi connectivity index (χ0n) is 30.6. The lowest BCUT2D eigenvalue weighted by Gasteiger charge is -2.41. The smallest absolute Gasteiger partial charge is 0.300 e. The molecule has 1 saturated carbocycles. The highest BCUT2D eigenvalue weighted by Crippen LogP contribution is 2.37. The lowest BCUT2D eigenvalue weighted by atomic mass is 9.90. The van der Waals surface area contributed by atoms with Gasteiger partial charge in [-0.25, -0.2) is 14.6 Å². The van der Waals surface area contributed by atoms with Gasteiger partial charge in [-0.15, -0.1) is 0 Å². The first kappa shape index (κ1) is 40.6. The summed E-state index contributed by atoms with van der Waals surface area (Å²) in [6.45, 7) is 7.84. The average Bonchev–Trinajstić information content (AvgIpc) is 3.70. The Hall–Kier alpha value is -6.14. The molecule has 1 saturated heterocycles. The van der Waals surface area contributed by atoms with E-state index in [1.54, 1.807) is 18.2 Å². The molecule has 1 amide bonds. The van der Waals surface area contributed by atoms with Crippen LogP contribution in [0, 0.1) is 0 Å². The number of oxazole rings is 1. The van der Waals surface area contributed by atoms with Crippen molar-refractivity contribution in [1.29, 1.82) is 0 Å². The fourth-order valence-corrected chi connectivity index (χ4v) is 6.28. The van der Waals surface area contributed by atoms with Gasteiger partial charge in [-0.2, -0.15) is 10.1 Å². The number of nitrogens with two attached hydrogens (primary N) is 2. The topological polar surface area (TPSA) is 269 Å². The van der Waals surface area contributed by atoms with E-state index in [1.165, 1.54) is 6.33 Å². The molecule has 54 heavy (non-hydrogen) atoms. The Labute approximate surface area is 310 Å². The molecule has 0 unspecified atom stereocenters. The van der Waals surface area contributed by atoms with E-state index >= 15 is 0 Å². The number of primary amides is 1. The number of carboxylic acid groups (broad SMARTS) is 3. The van der Waals surface area contributed by atoms with Crippen molar-refractivity contribution in [2.24, 2.45) is 5.73 Å². The summed E-state index contributed by atoms with van der Waals surface area (Å²) in [7, 11) is 2.20. The fourth-order valence-electron chi connectivity index (χ4n) is 6.28. The third-order valence-electron chi connectivity index (χ3n) is 8.67. The summed E-state index contributed by atoms with van der Waals surface area (Å²) >= 11 is 0. The van der Waals surface area contributed by atoms with Crippen molar-refractivity contribution in [2.45, 2.75) is 58.5 Å². The SMILES string of the molecule is CC(=O)O.CC(=O)O.CC(=O)O.CN1CCN(C2CCC(n3nc(-c4ccc(Nc5nc6cc(C(N)=O)ccc6o5)cc4)c4c(N)ncnc43)CC2)CC1. The number of aromatic nitrogens is 5. The van der Waals surface area contributed by atoms with E-state index in [0.717, 1.165) is 101 Å². The zero-order chi connectivity index (χ0) is 39.5. The minimum atomic E-state index is -0.833. The molecule has 0 spiro atoms. The van der Waals surface area contributed by atoms with Gasteiger partial charge in [-0.1, -0.05) is 12.1 Å². The summed E-state index contributed by atoms with van der Waals surface area (Å²) in [6, 6.07) is 14.0. The molecule has 18 heteroatoms. The highest BCUT2D eigenvalue weighted by atomic mass is 16.4. The molecule has 4 heterocycles. The van der Waals surface area contributed by atoms with Gasteiger partial charge in [-0.3, -0.25) is 24.1 Å². The van der Waals surface area contributed by atoms with E-state index < -0.39 is 23.8 Å². The van der Waals surface area contributed by atoms with Gasteiger partial charge >= 0.3 is 0 Å². The number of carbonyl (C=O) groups excluding carboxylic acids is 1. The van der Waals surface area contributed by atoms with E-state index in [0.29, 0.717) is 34.5 Å². The van der Waals surface area contributed by atoms with E-state index in [2.05, 4.69) is 41.8 Å². The molecule has 2 aromatic carbocycles. The first-order chi connectivity index (χ1) is 25.6. The number of nitrogens with zero attached hydrogens (tertiary/aromatic N) is 7. The Morgan fingerprint density at radius 2 is 1.41 bits per heavy atom. The monoisotopic (exact) mass is 746 g/mol. The number of aliphatic carboxylic acids is 3. The number of piperazine rings is 1. The molecular weight excluding hydrogens is 700 g/mol. The van der Waals surface area contributed by atoms with Gasteiger partial charge in [-0.05, 0) is 63.1 Å². The van der Waals surface area contributed by atoms with Crippen molar-refractivity contribution in [3.05, 3.63) is 54.4 Å². The molecule has 8 N–H and O–H groups in total. The molecular formula is C36H46N10O8. The van der Waals surface area contributed by atoms with Crippen molar-refractivity contribution in [3.63, 3.8) is 0 Å². The van der Waals surface area contributed by atoms with Crippen LogP contribution in [0.5, 0.6) is 0 Å². The molecule has 7 rings (SSSR count). The second kappa shape index (κ2) is 18.6. The largest absolute Gasteiger partial charge is 0.481 e. The zero-order valence-corrected chi connectivity index (χ0v) is 30.6. The molecule has 0 bridgehead atoms. The minimum absolute atomic E-state index is 0.273. The van der Waals surface area contributed by atoms with Gasteiger partial charge in [0.1, 0.15) is 23.4 Å². The Morgan fingerprint density at radius 3 is 1.98 bits per heavy atom. The van der Waals surface area contributed by atoms with E-state index in [4.69, 9.17) is 50.7 Å². The predicted octanol–water partition coefficient (Wildman–Crippen LogP) is 4.06. The van der Waals surface area contributed by atoms with Crippen molar-refractivity contribution < 1.29 is 38.9 Å². The van der Waals surface area contributed by atoms with Crippen molar-refractivity contribution in [1.82, 2.24) is 34.5 Å². The van der Waals surface area contributed by atoms with Crippen LogP contribution >= 0.6 is 0 Å². The van der Waals surface area contributed by atoms with Crippen LogP contribution in [0.4, 0.5) is 17.5 Å². The van der Waals surface area contributed by atoms with E-state index in [-0.39, 0.29) is 6.04 Å². The molecule has 1 aliphatic heterocycles. The van der Waals surface area contributed by atoms with Crippen LogP contribution < -0.4 is 16.8 Å². The van der Waals surface area contributed by atoms with Crippen LogP contribution in [0.2, 0.25) is 0 Å². The van der Waals surface area contributed by atoms with Crippen LogP contribution in [0.1, 0.15) is 62.9 Å². The van der Waals surface area contributed by atoms with E-state index in [9.17, 15) is 4.79 Å². The molecule has 5 aromatic rings. The molecule has 1 aliphatic carbocycles. The highest BCUT2D eigenvalue weighted by Gasteiger charge is 2.30. The number of anilines is 3. The van der Waals surface area contributed by atoms with Gasteiger partial charge in [0, 0.05) is 69.8 Å². The molecule has 18 nitrogen and oxygen atoms in total. The number of hydrogen-bond acceptors (Lipinski definition) is 13. The van der Waals surface area contributed by atoms with Crippen LogP contribution in [-0.2, 0) is 14.4 Å². The number of likely N-dealkylation sites (N-methyl/N-ethyl adjacent to an activating group) is 1. The Balaban J connectivity index is 0.000000477. The molecule has 0 atom stereocenters. The number of carboxylic acids is 3. The standard InChI is InChI=1S/C30H34N10O2.3C2H4O2/c1-38-12-14-39(15-13-38)21-7-9-22(10-8-21)40-29-25(27(31)33-17-34-29)26(37-40)18-2-5-20(6-3-18)35-30-36-23-16-19(28(32)41)4-11-24(23)42-30;3*1-2(3)4/h2-6,11,16-17,21-22H,7-10,12-15H2,1H3,(H2,32,41)(H,35,36)(H2,31,33,34);3*1H3,(H,3,4). The van der Waals surface area contributed by atoms with Crippen LogP contribution in [0.15, 0.2) is 53.2 Å². The number of amides is 1. The molecule has 2 fully saturated rings. The first-order valence-electron chi connectivity index (χ1n) is 17.2. The summed E-state index contributed by atoms with van der Waals surface area (Å²) in [4.78, 5) is 56.9. The number of fused-ring (bicyclic) bond motifs is 2. The summed E-state index contributed by atoms with van der Waals surface area (Å²) in [5, 5.41) is 31.3. The van der Waals surface area contributed by atoms with Crippen molar-refractivity contribution >= 4 is 63.5 Å². The van der Waals surface area contributed by atoms with Gasteiger partial charge in [0.15, 0.2) is 11.2 Å². The van der Waals surface area contributed by atoms with Gasteiger partial charge in [0.25, 0.3) is 23.9 Å². The third kappa shape index (κ3) is 11.2. The summed E-state index contributed by atoms with van der Waals surface area (Å²) in [6.07, 6.45) is 5.96. The number of nitrogens with one attached hydrogen (secondary N) is 1. The lowest BCUT2D eigenvalue weighted by Crippen LogP contribution is -2.49. The summed E-state index contributed by atoms with van der Waals surface area (Å²) < 4.78 is 7.87. The third-order valence-corrected chi connectivity index (χ3v) is 8.67. The van der Waals surface area contributed by atoms with E-state index in [1.807, 2.05) is 24.3 Å². The van der Waals surface area contributed by atoms with Gasteiger partial charge < -0.3 is 41.4 Å². The molecule has 3 aromatic heterocycles. The molecule has 288 valence electrons. The van der Waals surface area contributed by atoms with Crippen molar-refractivity contribution in [3.8, 4) is 11.3 Å². The Kier molecular flexibility index (Phi) is 14.0. The van der Waals surface area contributed by atoms with Crippen LogP contribution in [0.3, 0.4) is 0 Å². The van der Waals surface area contributed by atoms with Crippen LogP contribution in [-0.4, -0.2) is 113 Å². The quantitative estimate of drug-likeness (QED) is 0.143. The Bertz CT molecular complexity index is 2020. The number of nitrogen functional groups attached to an aromatic ring is 1. The maximum atomic E-state index is 11.5.